The minimum absolute atomic E-state index is 0.0264. The zero-order chi connectivity index (χ0) is 43.9. The van der Waals surface area contributed by atoms with Crippen LogP contribution in [-0.4, -0.2) is 88.4 Å². The van der Waals surface area contributed by atoms with Crippen molar-refractivity contribution < 1.29 is 31.1 Å². The molecule has 1 aliphatic heterocycles. The van der Waals surface area contributed by atoms with Gasteiger partial charge in [-0.25, -0.2) is 19.7 Å². The van der Waals surface area contributed by atoms with Crippen LogP contribution in [0.3, 0.4) is 0 Å². The number of thiophene rings is 1. The number of hydrogen-bond donors (Lipinski definition) is 1. The molecule has 0 spiro atoms. The first-order valence-corrected chi connectivity index (χ1v) is 22.0. The Hall–Kier alpha value is -5.96. The molecule has 318 valence electrons. The summed E-state index contributed by atoms with van der Waals surface area (Å²) in [6.45, 7) is 2.90. The SMILES string of the molecule is Cc1nc2cnc(N(C)C3CCN(C4CC(OC(F)(F)F)C4)CC3)c(C#N)c2c(=O)n1CC#Cc1ccc(Cl)cc1-c1ccnc2c(C(=O)NS(=O)(=O)c3ccccn3)csc12. The van der Waals surface area contributed by atoms with Gasteiger partial charge in [-0.05, 0) is 69.0 Å². The molecule has 1 saturated heterocycles. The van der Waals surface area contributed by atoms with Crippen LogP contribution >= 0.6 is 22.9 Å². The van der Waals surface area contributed by atoms with Gasteiger partial charge in [0.05, 0.1) is 45.5 Å². The first-order valence-electron chi connectivity index (χ1n) is 19.3. The van der Waals surface area contributed by atoms with Crippen molar-refractivity contribution in [3.63, 3.8) is 0 Å². The highest BCUT2D eigenvalue weighted by atomic mass is 35.5. The summed E-state index contributed by atoms with van der Waals surface area (Å²) in [6, 6.07) is 13.4. The third-order valence-electron chi connectivity index (χ3n) is 11.1. The number of aromatic nitrogens is 5. The molecule has 1 saturated carbocycles. The van der Waals surface area contributed by atoms with Crippen molar-refractivity contribution in [2.45, 2.75) is 68.7 Å². The number of anilines is 1. The van der Waals surface area contributed by atoms with E-state index < -0.39 is 34.0 Å². The molecule has 6 heterocycles. The molecule has 0 unspecified atom stereocenters. The van der Waals surface area contributed by atoms with E-state index in [0.717, 1.165) is 0 Å². The number of hydrogen-bond acceptors (Lipinski definition) is 13. The second-order valence-corrected chi connectivity index (χ2v) is 17.8. The van der Waals surface area contributed by atoms with E-state index in [1.54, 1.807) is 37.3 Å². The number of amides is 1. The zero-order valence-corrected chi connectivity index (χ0v) is 35.4. The molecule has 5 aromatic heterocycles. The number of nitrogens with zero attached hydrogens (tertiary/aromatic N) is 8. The number of ether oxygens (including phenoxy) is 1. The molecule has 20 heteroatoms. The molecular weight excluding hydrogens is 867 g/mol. The smallest absolute Gasteiger partial charge is 0.355 e. The minimum Gasteiger partial charge on any atom is -0.355 e. The number of piperidine rings is 1. The van der Waals surface area contributed by atoms with Crippen LogP contribution in [0.1, 0.15) is 53.0 Å². The maximum absolute atomic E-state index is 14.2. The van der Waals surface area contributed by atoms with Crippen LogP contribution in [0.5, 0.6) is 0 Å². The summed E-state index contributed by atoms with van der Waals surface area (Å²) >= 11 is 7.67. The van der Waals surface area contributed by atoms with Gasteiger partial charge in [0, 0.05) is 71.7 Å². The fourth-order valence-corrected chi connectivity index (χ4v) is 10.0. The number of likely N-dealkylation sites (tertiary alicyclic amines) is 1. The Morgan fingerprint density at radius 3 is 2.58 bits per heavy atom. The van der Waals surface area contributed by atoms with Crippen LogP contribution in [0.15, 0.2) is 76.3 Å². The fourth-order valence-electron chi connectivity index (χ4n) is 7.90. The van der Waals surface area contributed by atoms with Crippen molar-refractivity contribution in [1.82, 2.24) is 34.1 Å². The third kappa shape index (κ3) is 8.59. The predicted molar refractivity (Wildman–Crippen MR) is 226 cm³/mol. The molecular formula is C42H35ClF3N9O5S2. The molecule has 2 fully saturated rings. The Labute approximate surface area is 362 Å². The van der Waals surface area contributed by atoms with Gasteiger partial charge in [0.15, 0.2) is 5.03 Å². The van der Waals surface area contributed by atoms with Crippen molar-refractivity contribution in [2.24, 2.45) is 0 Å². The van der Waals surface area contributed by atoms with Gasteiger partial charge in [0.2, 0.25) is 0 Å². The number of fused-ring (bicyclic) bond motifs is 2. The Bertz CT molecular complexity index is 3010. The average molecular weight is 902 g/mol. The Morgan fingerprint density at radius 1 is 1.10 bits per heavy atom. The molecule has 2 aliphatic rings. The van der Waals surface area contributed by atoms with Crippen LogP contribution in [0.2, 0.25) is 5.02 Å². The lowest BCUT2D eigenvalue weighted by Crippen LogP contribution is -2.54. The summed E-state index contributed by atoms with van der Waals surface area (Å²) in [7, 11) is -2.43. The molecule has 6 aromatic rings. The molecule has 0 radical (unpaired) electrons. The van der Waals surface area contributed by atoms with Crippen molar-refractivity contribution >= 4 is 65.8 Å². The van der Waals surface area contributed by atoms with Crippen molar-refractivity contribution in [2.75, 3.05) is 25.0 Å². The summed E-state index contributed by atoms with van der Waals surface area (Å²) in [4.78, 5) is 48.9. The topological polar surface area (TPSA) is 176 Å². The Balaban J connectivity index is 1.03. The van der Waals surface area contributed by atoms with Crippen LogP contribution in [0, 0.1) is 30.1 Å². The number of pyridine rings is 3. The van der Waals surface area contributed by atoms with E-state index in [-0.39, 0.29) is 51.2 Å². The van der Waals surface area contributed by atoms with E-state index in [9.17, 15) is 36.4 Å². The number of carbonyl (C=O) groups excluding carboxylic acids is 1. The van der Waals surface area contributed by atoms with Crippen molar-refractivity contribution in [3.05, 3.63) is 104 Å². The lowest BCUT2D eigenvalue weighted by Gasteiger charge is -2.46. The number of nitriles is 1. The van der Waals surface area contributed by atoms with Gasteiger partial charge in [0.25, 0.3) is 21.5 Å². The van der Waals surface area contributed by atoms with Gasteiger partial charge in [-0.3, -0.25) is 23.9 Å². The van der Waals surface area contributed by atoms with Gasteiger partial charge < -0.3 is 9.80 Å². The Kier molecular flexibility index (Phi) is 11.8. The lowest BCUT2D eigenvalue weighted by atomic mass is 9.86. The average Bonchev–Trinajstić information content (AvgIpc) is 3.68. The molecule has 1 N–H and O–H groups in total. The van der Waals surface area contributed by atoms with E-state index in [1.165, 1.54) is 52.0 Å². The van der Waals surface area contributed by atoms with Gasteiger partial charge in [0.1, 0.15) is 23.3 Å². The number of alkyl halides is 3. The van der Waals surface area contributed by atoms with E-state index >= 15 is 0 Å². The Morgan fingerprint density at radius 2 is 1.87 bits per heavy atom. The second kappa shape index (κ2) is 17.1. The van der Waals surface area contributed by atoms with E-state index in [1.807, 2.05) is 11.9 Å². The zero-order valence-electron chi connectivity index (χ0n) is 33.0. The van der Waals surface area contributed by atoms with Crippen LogP contribution in [0.4, 0.5) is 19.0 Å². The molecule has 0 bridgehead atoms. The summed E-state index contributed by atoms with van der Waals surface area (Å²) < 4.78 is 71.7. The second-order valence-electron chi connectivity index (χ2n) is 14.8. The predicted octanol–water partition coefficient (Wildman–Crippen LogP) is 6.44. The van der Waals surface area contributed by atoms with Crippen LogP contribution in [-0.2, 0) is 21.3 Å². The third-order valence-corrected chi connectivity index (χ3v) is 13.6. The molecule has 14 nitrogen and oxygen atoms in total. The number of halogens is 4. The summed E-state index contributed by atoms with van der Waals surface area (Å²) in [6.07, 6.45) is 0.847. The molecule has 1 aliphatic carbocycles. The highest BCUT2D eigenvalue weighted by Gasteiger charge is 2.43. The number of benzene rings is 1. The van der Waals surface area contributed by atoms with E-state index in [4.69, 9.17) is 11.6 Å². The van der Waals surface area contributed by atoms with E-state index in [2.05, 4.69) is 52.2 Å². The highest BCUT2D eigenvalue weighted by Crippen LogP contribution is 2.38. The number of sulfonamides is 1. The summed E-state index contributed by atoms with van der Waals surface area (Å²) in [5.41, 5.74) is 1.99. The monoisotopic (exact) mass is 901 g/mol. The summed E-state index contributed by atoms with van der Waals surface area (Å²) in [5.74, 6) is 6.04. The van der Waals surface area contributed by atoms with E-state index in [0.29, 0.717) is 76.8 Å². The van der Waals surface area contributed by atoms with Crippen molar-refractivity contribution in [1.29, 1.82) is 5.26 Å². The van der Waals surface area contributed by atoms with Crippen LogP contribution in [0.25, 0.3) is 32.2 Å². The van der Waals surface area contributed by atoms with Crippen molar-refractivity contribution in [3.8, 4) is 29.0 Å². The summed E-state index contributed by atoms with van der Waals surface area (Å²) in [5, 5.41) is 12.1. The molecule has 1 amide bonds. The number of nitrogens with one attached hydrogen (secondary N) is 1. The maximum Gasteiger partial charge on any atom is 0.522 e. The normalized spacial score (nSPS) is 17.2. The number of rotatable bonds is 9. The number of aryl methyl sites for hydroxylation is 1. The fraction of sp³-hybridized carbons (Fsp3) is 0.310. The molecule has 62 heavy (non-hydrogen) atoms. The van der Waals surface area contributed by atoms with Gasteiger partial charge >= 0.3 is 6.36 Å². The molecule has 0 atom stereocenters. The molecule has 8 rings (SSSR count). The van der Waals surface area contributed by atoms with Gasteiger partial charge in [-0.1, -0.05) is 29.5 Å². The highest BCUT2D eigenvalue weighted by molar-refractivity contribution is 7.90. The first kappa shape index (κ1) is 42.7. The van der Waals surface area contributed by atoms with Gasteiger partial charge in [-0.15, -0.1) is 24.5 Å². The largest absolute Gasteiger partial charge is 0.522 e. The van der Waals surface area contributed by atoms with Crippen LogP contribution < -0.4 is 15.2 Å². The quantitative estimate of drug-likeness (QED) is 0.158. The number of carbonyl (C=O) groups is 1. The first-order chi connectivity index (χ1) is 29.6. The standard InChI is InChI=1S/C42H35ClF3N9O5S2/c1-24-51-34-22-50-39(53(2)27-11-16-54(17-12-27)28-19-29(20-28)60-42(44,45)46)32(21-47)36(34)41(57)55(24)15-5-6-25-8-9-26(43)18-31(25)30-10-14-49-37-33(23-61-38(30)37)40(56)52-62(58,59)35-7-3-4-13-48-35/h3-4,7-10,13-14,18,22-23,27-29H,11-12,15-17,19-20H2,1-2H3,(H,52,56). The lowest BCUT2D eigenvalue weighted by molar-refractivity contribution is -0.354. The van der Waals surface area contributed by atoms with Gasteiger partial charge in [-0.2, -0.15) is 13.7 Å². The maximum atomic E-state index is 14.2. The molecule has 1 aromatic carbocycles. The minimum atomic E-state index is -4.64.